The number of carbonyl (C=O) groups excluding carboxylic acids is 1. The van der Waals surface area contributed by atoms with Gasteiger partial charge in [-0.25, -0.2) is 0 Å². The second-order valence-electron chi connectivity index (χ2n) is 5.13. The molecule has 1 amide bonds. The highest BCUT2D eigenvalue weighted by Crippen LogP contribution is 2.25. The Balaban J connectivity index is 1.77. The van der Waals surface area contributed by atoms with Gasteiger partial charge in [-0.3, -0.25) is 4.79 Å². The monoisotopic (exact) mass is 338 g/mol. The normalized spacial score (nSPS) is 10.2. The maximum absolute atomic E-state index is 12.4. The first-order valence-electron chi connectivity index (χ1n) is 7.31. The molecule has 120 valence electrons. The molecule has 0 unspecified atom stereocenters. The van der Waals surface area contributed by atoms with E-state index >= 15 is 0 Å². The van der Waals surface area contributed by atoms with E-state index in [1.165, 1.54) is 6.07 Å². The van der Waals surface area contributed by atoms with Crippen LogP contribution < -0.4 is 15.8 Å². The minimum Gasteiger partial charge on any atom is -0.457 e. The van der Waals surface area contributed by atoms with E-state index in [1.54, 1.807) is 30.3 Å². The average Bonchev–Trinajstić information content (AvgIpc) is 2.58. The zero-order valence-electron chi connectivity index (χ0n) is 12.7. The van der Waals surface area contributed by atoms with E-state index in [2.05, 4.69) is 5.32 Å². The van der Waals surface area contributed by atoms with Crippen LogP contribution in [0.15, 0.2) is 72.8 Å². The van der Waals surface area contributed by atoms with Crippen LogP contribution in [-0.4, -0.2) is 5.91 Å². The molecule has 0 atom stereocenters. The third-order valence-electron chi connectivity index (χ3n) is 3.33. The van der Waals surface area contributed by atoms with Crippen molar-refractivity contribution >= 4 is 28.9 Å². The van der Waals surface area contributed by atoms with Crippen molar-refractivity contribution in [3.63, 3.8) is 0 Å². The number of nitrogens with two attached hydrogens (primary N) is 1. The fourth-order valence-corrected chi connectivity index (χ4v) is 2.36. The van der Waals surface area contributed by atoms with Gasteiger partial charge < -0.3 is 15.8 Å². The fourth-order valence-electron chi connectivity index (χ4n) is 2.19. The molecule has 0 saturated heterocycles. The maximum atomic E-state index is 12.4. The molecule has 0 spiro atoms. The number of anilines is 2. The van der Waals surface area contributed by atoms with Crippen LogP contribution in [0.2, 0.25) is 5.02 Å². The topological polar surface area (TPSA) is 64.4 Å². The molecule has 0 aliphatic rings. The van der Waals surface area contributed by atoms with Crippen molar-refractivity contribution in [1.29, 1.82) is 0 Å². The highest BCUT2D eigenvalue weighted by atomic mass is 35.5. The lowest BCUT2D eigenvalue weighted by Crippen LogP contribution is -2.14. The average molecular weight is 339 g/mol. The van der Waals surface area contributed by atoms with Crippen molar-refractivity contribution in [1.82, 2.24) is 0 Å². The second-order valence-corrected chi connectivity index (χ2v) is 5.57. The van der Waals surface area contributed by atoms with Gasteiger partial charge in [0.05, 0.1) is 5.56 Å². The standard InChI is InChI=1S/C19H15ClN2O2/c20-13-9-10-18(21)17(11-13)19(23)22-14-5-4-8-16(12-14)24-15-6-2-1-3-7-15/h1-12H,21H2,(H,22,23). The van der Waals surface area contributed by atoms with Gasteiger partial charge in [0.1, 0.15) is 11.5 Å². The number of hydrogen-bond donors (Lipinski definition) is 2. The predicted molar refractivity (Wildman–Crippen MR) is 96.8 cm³/mol. The summed E-state index contributed by atoms with van der Waals surface area (Å²) in [4.78, 5) is 12.4. The van der Waals surface area contributed by atoms with E-state index in [1.807, 2.05) is 36.4 Å². The minimum absolute atomic E-state index is 0.327. The molecule has 0 saturated carbocycles. The second kappa shape index (κ2) is 7.06. The zero-order chi connectivity index (χ0) is 16.9. The first-order valence-corrected chi connectivity index (χ1v) is 7.69. The number of hydrogen-bond acceptors (Lipinski definition) is 3. The molecular weight excluding hydrogens is 324 g/mol. The lowest BCUT2D eigenvalue weighted by atomic mass is 10.1. The van der Waals surface area contributed by atoms with Gasteiger partial charge in [0.25, 0.3) is 5.91 Å². The largest absolute Gasteiger partial charge is 0.457 e. The Labute approximate surface area is 144 Å². The number of para-hydroxylation sites is 1. The van der Waals surface area contributed by atoms with Crippen LogP contribution >= 0.6 is 11.6 Å². The molecule has 3 aromatic rings. The summed E-state index contributed by atoms with van der Waals surface area (Å²) in [6, 6.07) is 21.3. The molecule has 4 nitrogen and oxygen atoms in total. The van der Waals surface area contributed by atoms with Crippen LogP contribution in [0.5, 0.6) is 11.5 Å². The lowest BCUT2D eigenvalue weighted by molar-refractivity contribution is 0.102. The number of carbonyl (C=O) groups is 1. The minimum atomic E-state index is -0.327. The highest BCUT2D eigenvalue weighted by molar-refractivity contribution is 6.31. The smallest absolute Gasteiger partial charge is 0.257 e. The number of ether oxygens (including phenoxy) is 1. The van der Waals surface area contributed by atoms with E-state index < -0.39 is 0 Å². The van der Waals surface area contributed by atoms with Crippen molar-refractivity contribution < 1.29 is 9.53 Å². The van der Waals surface area contributed by atoms with E-state index in [-0.39, 0.29) is 5.91 Å². The molecule has 0 aliphatic carbocycles. The van der Waals surface area contributed by atoms with Crippen molar-refractivity contribution in [2.24, 2.45) is 0 Å². The Bertz CT molecular complexity index is 866. The SMILES string of the molecule is Nc1ccc(Cl)cc1C(=O)Nc1cccc(Oc2ccccc2)c1. The molecule has 0 bridgehead atoms. The molecule has 3 aromatic carbocycles. The molecule has 0 radical (unpaired) electrons. The van der Waals surface area contributed by atoms with Gasteiger partial charge >= 0.3 is 0 Å². The van der Waals surface area contributed by atoms with Crippen LogP contribution in [0.25, 0.3) is 0 Å². The van der Waals surface area contributed by atoms with Crippen LogP contribution in [0.3, 0.4) is 0 Å². The van der Waals surface area contributed by atoms with Crippen LogP contribution in [0.1, 0.15) is 10.4 Å². The van der Waals surface area contributed by atoms with E-state index in [9.17, 15) is 4.79 Å². The van der Waals surface area contributed by atoms with Gasteiger partial charge in [-0.1, -0.05) is 35.9 Å². The third kappa shape index (κ3) is 3.86. The highest BCUT2D eigenvalue weighted by Gasteiger charge is 2.11. The Morgan fingerprint density at radius 1 is 0.917 bits per heavy atom. The van der Waals surface area contributed by atoms with Crippen LogP contribution in [0, 0.1) is 0 Å². The summed E-state index contributed by atoms with van der Waals surface area (Å²) in [6.07, 6.45) is 0. The van der Waals surface area contributed by atoms with E-state index in [0.717, 1.165) is 5.75 Å². The summed E-state index contributed by atoms with van der Waals surface area (Å²) in [7, 11) is 0. The first-order chi connectivity index (χ1) is 11.6. The van der Waals surface area contributed by atoms with Crippen LogP contribution in [-0.2, 0) is 0 Å². The predicted octanol–water partition coefficient (Wildman–Crippen LogP) is 4.97. The van der Waals surface area contributed by atoms with E-state index in [4.69, 9.17) is 22.1 Å². The molecule has 0 fully saturated rings. The molecule has 0 aromatic heterocycles. The molecule has 0 aliphatic heterocycles. The number of halogens is 1. The summed E-state index contributed by atoms with van der Waals surface area (Å²) in [5.41, 5.74) is 7.14. The molecule has 24 heavy (non-hydrogen) atoms. The molecule has 5 heteroatoms. The Hall–Kier alpha value is -2.98. The number of amides is 1. The number of rotatable bonds is 4. The molecular formula is C19H15ClN2O2. The van der Waals surface area contributed by atoms with Gasteiger partial charge in [-0.05, 0) is 42.5 Å². The summed E-state index contributed by atoms with van der Waals surface area (Å²) in [5.74, 6) is 1.02. The van der Waals surface area contributed by atoms with Gasteiger partial charge in [0, 0.05) is 22.5 Å². The van der Waals surface area contributed by atoms with Crippen molar-refractivity contribution in [3.8, 4) is 11.5 Å². The number of benzene rings is 3. The van der Waals surface area contributed by atoms with Crippen molar-refractivity contribution in [2.45, 2.75) is 0 Å². The first kappa shape index (κ1) is 15.9. The Morgan fingerprint density at radius 3 is 2.46 bits per heavy atom. The fraction of sp³-hybridized carbons (Fsp3) is 0. The number of nitrogens with one attached hydrogen (secondary N) is 1. The van der Waals surface area contributed by atoms with E-state index in [0.29, 0.717) is 27.7 Å². The van der Waals surface area contributed by atoms with Gasteiger partial charge in [0.15, 0.2) is 0 Å². The van der Waals surface area contributed by atoms with Gasteiger partial charge in [-0.15, -0.1) is 0 Å². The molecule has 0 heterocycles. The Kier molecular flexibility index (Phi) is 4.68. The van der Waals surface area contributed by atoms with Crippen LogP contribution in [0.4, 0.5) is 11.4 Å². The Morgan fingerprint density at radius 2 is 1.67 bits per heavy atom. The molecule has 3 N–H and O–H groups in total. The summed E-state index contributed by atoms with van der Waals surface area (Å²) in [6.45, 7) is 0. The van der Waals surface area contributed by atoms with Gasteiger partial charge in [-0.2, -0.15) is 0 Å². The van der Waals surface area contributed by atoms with Crippen molar-refractivity contribution in [3.05, 3.63) is 83.4 Å². The van der Waals surface area contributed by atoms with Crippen molar-refractivity contribution in [2.75, 3.05) is 11.1 Å². The molecule has 3 rings (SSSR count). The number of nitrogen functional groups attached to an aromatic ring is 1. The maximum Gasteiger partial charge on any atom is 0.257 e. The third-order valence-corrected chi connectivity index (χ3v) is 3.57. The summed E-state index contributed by atoms with van der Waals surface area (Å²) in [5, 5.41) is 3.25. The summed E-state index contributed by atoms with van der Waals surface area (Å²) < 4.78 is 5.75. The lowest BCUT2D eigenvalue weighted by Gasteiger charge is -2.10. The van der Waals surface area contributed by atoms with Gasteiger partial charge in [0.2, 0.25) is 0 Å². The summed E-state index contributed by atoms with van der Waals surface area (Å²) >= 11 is 5.92. The zero-order valence-corrected chi connectivity index (χ0v) is 13.5. The quantitative estimate of drug-likeness (QED) is 0.660.